The first-order chi connectivity index (χ1) is 6.67. The molecule has 1 aliphatic rings. The molecule has 1 aromatic heterocycles. The normalized spacial score (nSPS) is 25.7. The number of hydrogen-bond donors (Lipinski definition) is 0. The zero-order valence-corrected chi connectivity index (χ0v) is 8.32. The SMILES string of the molecule is CCOC1(C)COC(=O)c2cccn21. The summed E-state index contributed by atoms with van der Waals surface area (Å²) in [5, 5.41) is 0. The summed E-state index contributed by atoms with van der Waals surface area (Å²) in [4.78, 5) is 11.3. The Labute approximate surface area is 82.4 Å². The zero-order chi connectivity index (χ0) is 10.2. The van der Waals surface area contributed by atoms with Gasteiger partial charge in [0.05, 0.1) is 0 Å². The molecule has 0 spiro atoms. The van der Waals surface area contributed by atoms with Crippen molar-refractivity contribution in [2.75, 3.05) is 13.2 Å². The van der Waals surface area contributed by atoms with Gasteiger partial charge in [0, 0.05) is 12.8 Å². The van der Waals surface area contributed by atoms with E-state index in [4.69, 9.17) is 9.47 Å². The van der Waals surface area contributed by atoms with Crippen molar-refractivity contribution in [1.29, 1.82) is 0 Å². The number of nitrogens with zero attached hydrogens (tertiary/aromatic N) is 1. The number of aromatic nitrogens is 1. The van der Waals surface area contributed by atoms with Crippen LogP contribution in [0.4, 0.5) is 0 Å². The summed E-state index contributed by atoms with van der Waals surface area (Å²) in [5.74, 6) is -0.285. The van der Waals surface area contributed by atoms with Gasteiger partial charge in [-0.15, -0.1) is 0 Å². The van der Waals surface area contributed by atoms with Crippen LogP contribution in [0.2, 0.25) is 0 Å². The van der Waals surface area contributed by atoms with Gasteiger partial charge in [0.1, 0.15) is 12.3 Å². The lowest BCUT2D eigenvalue weighted by Gasteiger charge is -2.35. The van der Waals surface area contributed by atoms with Crippen LogP contribution < -0.4 is 0 Å². The van der Waals surface area contributed by atoms with Gasteiger partial charge in [-0.25, -0.2) is 4.79 Å². The molecule has 1 aliphatic heterocycles. The Morgan fingerprint density at radius 1 is 1.71 bits per heavy atom. The van der Waals surface area contributed by atoms with Gasteiger partial charge in [-0.3, -0.25) is 0 Å². The fourth-order valence-electron chi connectivity index (χ4n) is 1.72. The minimum atomic E-state index is -0.554. The largest absolute Gasteiger partial charge is 0.456 e. The lowest BCUT2D eigenvalue weighted by molar-refractivity contribution is -0.134. The second-order valence-corrected chi connectivity index (χ2v) is 3.45. The van der Waals surface area contributed by atoms with Crippen LogP contribution in [0.15, 0.2) is 18.3 Å². The van der Waals surface area contributed by atoms with Crippen LogP contribution >= 0.6 is 0 Å². The Kier molecular flexibility index (Phi) is 2.07. The van der Waals surface area contributed by atoms with Crippen molar-refractivity contribution in [3.63, 3.8) is 0 Å². The van der Waals surface area contributed by atoms with Gasteiger partial charge in [-0.05, 0) is 26.0 Å². The average molecular weight is 195 g/mol. The van der Waals surface area contributed by atoms with Crippen LogP contribution in [0.5, 0.6) is 0 Å². The van der Waals surface area contributed by atoms with E-state index >= 15 is 0 Å². The number of fused-ring (bicyclic) bond motifs is 1. The van der Waals surface area contributed by atoms with Crippen molar-refractivity contribution in [2.45, 2.75) is 19.6 Å². The van der Waals surface area contributed by atoms with Gasteiger partial charge >= 0.3 is 5.97 Å². The van der Waals surface area contributed by atoms with Crippen LogP contribution in [0.25, 0.3) is 0 Å². The van der Waals surface area contributed by atoms with Crippen molar-refractivity contribution in [1.82, 2.24) is 4.57 Å². The molecular weight excluding hydrogens is 182 g/mol. The van der Waals surface area contributed by atoms with E-state index in [2.05, 4.69) is 0 Å². The van der Waals surface area contributed by atoms with E-state index in [0.29, 0.717) is 12.3 Å². The van der Waals surface area contributed by atoms with E-state index < -0.39 is 5.72 Å². The highest BCUT2D eigenvalue weighted by atomic mass is 16.6. The number of cyclic esters (lactones) is 1. The quantitative estimate of drug-likeness (QED) is 0.669. The van der Waals surface area contributed by atoms with Gasteiger partial charge in [-0.2, -0.15) is 0 Å². The number of esters is 1. The second-order valence-electron chi connectivity index (χ2n) is 3.45. The van der Waals surface area contributed by atoms with Crippen molar-refractivity contribution in [3.05, 3.63) is 24.0 Å². The van der Waals surface area contributed by atoms with Gasteiger partial charge in [0.2, 0.25) is 0 Å². The Morgan fingerprint density at radius 3 is 3.21 bits per heavy atom. The molecule has 0 fully saturated rings. The molecule has 1 atom stereocenters. The summed E-state index contributed by atoms with van der Waals surface area (Å²) >= 11 is 0. The Bertz CT molecular complexity index is 358. The van der Waals surface area contributed by atoms with Crippen LogP contribution in [0.1, 0.15) is 24.3 Å². The maximum atomic E-state index is 11.3. The minimum absolute atomic E-state index is 0.265. The van der Waals surface area contributed by atoms with Gasteiger partial charge in [0.25, 0.3) is 0 Å². The first kappa shape index (κ1) is 9.27. The smallest absolute Gasteiger partial charge is 0.355 e. The molecule has 2 heterocycles. The number of carbonyl (C=O) groups excluding carboxylic acids is 1. The van der Waals surface area contributed by atoms with Crippen molar-refractivity contribution >= 4 is 5.97 Å². The van der Waals surface area contributed by atoms with Crippen molar-refractivity contribution < 1.29 is 14.3 Å². The van der Waals surface area contributed by atoms with E-state index in [0.717, 1.165) is 0 Å². The van der Waals surface area contributed by atoms with Gasteiger partial charge in [-0.1, -0.05) is 0 Å². The summed E-state index contributed by atoms with van der Waals surface area (Å²) < 4.78 is 12.5. The molecule has 0 amide bonds. The average Bonchev–Trinajstić information content (AvgIpc) is 2.62. The molecule has 0 N–H and O–H groups in total. The predicted octanol–water partition coefficient (Wildman–Crippen LogP) is 1.37. The number of hydrogen-bond acceptors (Lipinski definition) is 3. The summed E-state index contributed by atoms with van der Waals surface area (Å²) in [6.45, 7) is 4.68. The number of rotatable bonds is 2. The first-order valence-corrected chi connectivity index (χ1v) is 4.66. The van der Waals surface area contributed by atoms with Crippen LogP contribution in [0, 0.1) is 0 Å². The van der Waals surface area contributed by atoms with Crippen LogP contribution in [-0.4, -0.2) is 23.8 Å². The molecule has 0 aliphatic carbocycles. The van der Waals surface area contributed by atoms with E-state index in [-0.39, 0.29) is 12.6 Å². The monoisotopic (exact) mass is 195 g/mol. The maximum absolute atomic E-state index is 11.3. The molecule has 4 nitrogen and oxygen atoms in total. The fourth-order valence-corrected chi connectivity index (χ4v) is 1.72. The third-order valence-electron chi connectivity index (χ3n) is 2.39. The highest BCUT2D eigenvalue weighted by Gasteiger charge is 2.36. The lowest BCUT2D eigenvalue weighted by Crippen LogP contribution is -2.44. The molecule has 0 saturated heterocycles. The summed E-state index contributed by atoms with van der Waals surface area (Å²) in [6.07, 6.45) is 1.84. The minimum Gasteiger partial charge on any atom is -0.456 e. The number of carbonyl (C=O) groups is 1. The maximum Gasteiger partial charge on any atom is 0.355 e. The fraction of sp³-hybridized carbons (Fsp3) is 0.500. The molecule has 0 saturated carbocycles. The second kappa shape index (κ2) is 3.13. The molecular formula is C10H13NO3. The molecule has 1 aromatic rings. The molecule has 4 heteroatoms. The Morgan fingerprint density at radius 2 is 2.50 bits per heavy atom. The number of ether oxygens (including phenoxy) is 2. The van der Waals surface area contributed by atoms with Crippen LogP contribution in [-0.2, 0) is 15.2 Å². The Hall–Kier alpha value is -1.29. The summed E-state index contributed by atoms with van der Waals surface area (Å²) in [5.41, 5.74) is -0.00574. The molecule has 0 bridgehead atoms. The molecule has 2 rings (SSSR count). The van der Waals surface area contributed by atoms with E-state index in [9.17, 15) is 4.79 Å². The van der Waals surface area contributed by atoms with Crippen LogP contribution in [0.3, 0.4) is 0 Å². The van der Waals surface area contributed by atoms with E-state index in [1.807, 2.05) is 30.7 Å². The summed E-state index contributed by atoms with van der Waals surface area (Å²) in [7, 11) is 0. The molecule has 0 aromatic carbocycles. The lowest BCUT2D eigenvalue weighted by atomic mass is 10.2. The standard InChI is InChI=1S/C10H13NO3/c1-3-14-10(2)7-13-9(12)8-5-4-6-11(8)10/h4-6H,3,7H2,1-2H3. The molecule has 76 valence electrons. The molecule has 14 heavy (non-hydrogen) atoms. The Balaban J connectivity index is 2.42. The van der Waals surface area contributed by atoms with E-state index in [1.54, 1.807) is 6.07 Å². The first-order valence-electron chi connectivity index (χ1n) is 4.66. The van der Waals surface area contributed by atoms with Crippen molar-refractivity contribution in [2.24, 2.45) is 0 Å². The predicted molar refractivity (Wildman–Crippen MR) is 50.0 cm³/mol. The topological polar surface area (TPSA) is 40.5 Å². The third kappa shape index (κ3) is 1.23. The molecule has 0 radical (unpaired) electrons. The molecule has 1 unspecified atom stereocenters. The highest BCUT2D eigenvalue weighted by Crippen LogP contribution is 2.26. The third-order valence-corrected chi connectivity index (χ3v) is 2.39. The van der Waals surface area contributed by atoms with Gasteiger partial charge in [0.15, 0.2) is 5.72 Å². The van der Waals surface area contributed by atoms with Crippen molar-refractivity contribution in [3.8, 4) is 0 Å². The van der Waals surface area contributed by atoms with E-state index in [1.165, 1.54) is 0 Å². The van der Waals surface area contributed by atoms with Gasteiger partial charge < -0.3 is 14.0 Å². The highest BCUT2D eigenvalue weighted by molar-refractivity contribution is 5.88. The zero-order valence-electron chi connectivity index (χ0n) is 8.32. The summed E-state index contributed by atoms with van der Waals surface area (Å²) in [6, 6.07) is 3.55.